The van der Waals surface area contributed by atoms with Gasteiger partial charge in [-0.3, -0.25) is 0 Å². The lowest BCUT2D eigenvalue weighted by Gasteiger charge is -2.31. The molecule has 0 bridgehead atoms. The Kier molecular flexibility index (Phi) is 4.56. The van der Waals surface area contributed by atoms with Crippen LogP contribution in [0.1, 0.15) is 19.4 Å². The zero-order valence-electron chi connectivity index (χ0n) is 10.9. The summed E-state index contributed by atoms with van der Waals surface area (Å²) in [5, 5.41) is 5.15. The van der Waals surface area contributed by atoms with Crippen molar-refractivity contribution < 1.29 is 4.74 Å². The van der Waals surface area contributed by atoms with Crippen LogP contribution in [0, 0.1) is 0 Å². The van der Waals surface area contributed by atoms with Gasteiger partial charge < -0.3 is 15.0 Å². The second kappa shape index (κ2) is 5.83. The van der Waals surface area contributed by atoms with Crippen molar-refractivity contribution >= 4 is 40.5 Å². The summed E-state index contributed by atoms with van der Waals surface area (Å²) in [6.45, 7) is 5.97. The molecule has 1 aromatic carbocycles. The Balaban J connectivity index is 1.97. The molecule has 1 fully saturated rings. The van der Waals surface area contributed by atoms with E-state index in [9.17, 15) is 0 Å². The van der Waals surface area contributed by atoms with E-state index in [0.717, 1.165) is 5.56 Å². The van der Waals surface area contributed by atoms with Gasteiger partial charge in [-0.25, -0.2) is 0 Å². The summed E-state index contributed by atoms with van der Waals surface area (Å²) in [6.07, 6.45) is 0. The van der Waals surface area contributed by atoms with E-state index in [1.165, 1.54) is 0 Å². The van der Waals surface area contributed by atoms with Gasteiger partial charge in [-0.2, -0.15) is 0 Å². The van der Waals surface area contributed by atoms with Crippen molar-refractivity contribution in [2.75, 3.05) is 13.3 Å². The summed E-state index contributed by atoms with van der Waals surface area (Å²) < 4.78 is 5.44. The van der Waals surface area contributed by atoms with Crippen LogP contribution in [0.15, 0.2) is 18.2 Å². The van der Waals surface area contributed by atoms with E-state index >= 15 is 0 Å². The minimum Gasteiger partial charge on any atom is -0.359 e. The molecule has 19 heavy (non-hydrogen) atoms. The van der Waals surface area contributed by atoms with Crippen molar-refractivity contribution in [3.05, 3.63) is 33.8 Å². The summed E-state index contributed by atoms with van der Waals surface area (Å²) in [5.74, 6) is 0. The monoisotopic (exact) mass is 318 g/mol. The zero-order valence-corrected chi connectivity index (χ0v) is 13.2. The van der Waals surface area contributed by atoms with Gasteiger partial charge in [0, 0.05) is 16.6 Å². The Morgan fingerprint density at radius 2 is 2.21 bits per heavy atom. The molecular formula is C13H16Cl2N2OS. The number of nitrogens with zero attached hydrogens (tertiary/aromatic N) is 1. The zero-order chi connectivity index (χ0) is 14.0. The highest BCUT2D eigenvalue weighted by molar-refractivity contribution is 7.80. The maximum atomic E-state index is 6.12. The number of hydrogen-bond acceptors (Lipinski definition) is 2. The van der Waals surface area contributed by atoms with Crippen LogP contribution in [0.25, 0.3) is 0 Å². The van der Waals surface area contributed by atoms with E-state index in [-0.39, 0.29) is 5.54 Å². The average Bonchev–Trinajstić information content (AvgIpc) is 2.67. The molecule has 0 saturated carbocycles. The maximum absolute atomic E-state index is 6.12. The van der Waals surface area contributed by atoms with Crippen LogP contribution in [0.3, 0.4) is 0 Å². The van der Waals surface area contributed by atoms with Crippen LogP contribution in [0.5, 0.6) is 0 Å². The lowest BCUT2D eigenvalue weighted by molar-refractivity contribution is 0.168. The van der Waals surface area contributed by atoms with Crippen molar-refractivity contribution in [3.8, 4) is 0 Å². The number of halogens is 2. The van der Waals surface area contributed by atoms with Crippen molar-refractivity contribution in [1.82, 2.24) is 10.2 Å². The predicted molar refractivity (Wildman–Crippen MR) is 82.6 cm³/mol. The number of nitrogens with one attached hydrogen (secondary N) is 1. The lowest BCUT2D eigenvalue weighted by Crippen LogP contribution is -2.48. The summed E-state index contributed by atoms with van der Waals surface area (Å²) in [7, 11) is 0. The van der Waals surface area contributed by atoms with Crippen molar-refractivity contribution in [1.29, 1.82) is 0 Å². The predicted octanol–water partition coefficient (Wildman–Crippen LogP) is 3.44. The second-order valence-corrected chi connectivity index (χ2v) is 6.34. The Hall–Kier alpha value is -0.550. The van der Waals surface area contributed by atoms with E-state index in [1.807, 2.05) is 17.0 Å². The number of ether oxygens (including phenoxy) is 1. The van der Waals surface area contributed by atoms with E-state index in [2.05, 4.69) is 19.2 Å². The highest BCUT2D eigenvalue weighted by Crippen LogP contribution is 2.23. The van der Waals surface area contributed by atoms with Gasteiger partial charge in [0.2, 0.25) is 0 Å². The van der Waals surface area contributed by atoms with Gasteiger partial charge in [-0.05, 0) is 43.8 Å². The molecule has 1 N–H and O–H groups in total. The number of rotatable bonds is 2. The van der Waals surface area contributed by atoms with Gasteiger partial charge in [0.25, 0.3) is 0 Å². The van der Waals surface area contributed by atoms with E-state index in [4.69, 9.17) is 40.2 Å². The Labute approximate surface area is 128 Å². The van der Waals surface area contributed by atoms with E-state index in [0.29, 0.717) is 35.0 Å². The largest absolute Gasteiger partial charge is 0.359 e. The smallest absolute Gasteiger partial charge is 0.171 e. The number of benzene rings is 1. The standard InChI is InChI=1S/C13H16Cl2N2OS/c1-13(2)7-18-8-17(13)12(19)16-6-9-3-4-10(14)5-11(9)15/h3-5H,6-8H2,1-2H3,(H,16,19). The Morgan fingerprint density at radius 3 is 2.79 bits per heavy atom. The van der Waals surface area contributed by atoms with E-state index < -0.39 is 0 Å². The van der Waals surface area contributed by atoms with Gasteiger partial charge in [-0.1, -0.05) is 29.3 Å². The van der Waals surface area contributed by atoms with Crippen molar-refractivity contribution in [3.63, 3.8) is 0 Å². The van der Waals surface area contributed by atoms with Gasteiger partial charge in [-0.15, -0.1) is 0 Å². The first-order chi connectivity index (χ1) is 8.90. The van der Waals surface area contributed by atoms with Gasteiger partial charge >= 0.3 is 0 Å². The SMILES string of the molecule is CC1(C)COCN1C(=S)NCc1ccc(Cl)cc1Cl. The highest BCUT2D eigenvalue weighted by atomic mass is 35.5. The maximum Gasteiger partial charge on any atom is 0.171 e. The molecule has 1 aliphatic heterocycles. The number of thiocarbonyl (C=S) groups is 1. The summed E-state index contributed by atoms with van der Waals surface area (Å²) in [4.78, 5) is 2.03. The minimum absolute atomic E-state index is 0.0755. The molecule has 2 rings (SSSR count). The first kappa shape index (κ1) is 14.9. The van der Waals surface area contributed by atoms with Crippen molar-refractivity contribution in [2.45, 2.75) is 25.9 Å². The molecule has 0 atom stereocenters. The van der Waals surface area contributed by atoms with Crippen LogP contribution in [-0.4, -0.2) is 28.9 Å². The third kappa shape index (κ3) is 3.51. The normalized spacial score (nSPS) is 17.6. The summed E-state index contributed by atoms with van der Waals surface area (Å²) >= 11 is 17.4. The third-order valence-corrected chi connectivity index (χ3v) is 4.05. The molecule has 1 heterocycles. The van der Waals surface area contributed by atoms with Crippen LogP contribution in [0.4, 0.5) is 0 Å². The highest BCUT2D eigenvalue weighted by Gasteiger charge is 2.34. The van der Waals surface area contributed by atoms with Crippen LogP contribution < -0.4 is 5.32 Å². The quantitative estimate of drug-likeness (QED) is 0.844. The Morgan fingerprint density at radius 1 is 1.47 bits per heavy atom. The molecule has 0 amide bonds. The molecule has 1 aromatic rings. The molecule has 0 radical (unpaired) electrons. The van der Waals surface area contributed by atoms with Crippen LogP contribution in [0.2, 0.25) is 10.0 Å². The molecule has 104 valence electrons. The first-order valence-corrected chi connectivity index (χ1v) is 7.14. The molecule has 0 spiro atoms. The van der Waals surface area contributed by atoms with Crippen LogP contribution >= 0.6 is 35.4 Å². The average molecular weight is 319 g/mol. The van der Waals surface area contributed by atoms with Crippen molar-refractivity contribution in [2.24, 2.45) is 0 Å². The molecule has 3 nitrogen and oxygen atoms in total. The molecule has 0 aliphatic carbocycles. The molecule has 1 saturated heterocycles. The second-order valence-electron chi connectivity index (χ2n) is 5.11. The molecule has 1 aliphatic rings. The molecule has 6 heteroatoms. The fourth-order valence-corrected chi connectivity index (χ4v) is 2.75. The van der Waals surface area contributed by atoms with Gasteiger partial charge in [0.1, 0.15) is 6.73 Å². The van der Waals surface area contributed by atoms with Gasteiger partial charge in [0.05, 0.1) is 12.1 Å². The number of hydrogen-bond donors (Lipinski definition) is 1. The van der Waals surface area contributed by atoms with Gasteiger partial charge in [0.15, 0.2) is 5.11 Å². The Bertz CT molecular complexity index is 494. The molecule has 0 unspecified atom stereocenters. The third-order valence-electron chi connectivity index (χ3n) is 3.10. The van der Waals surface area contributed by atoms with Crippen LogP contribution in [-0.2, 0) is 11.3 Å². The summed E-state index contributed by atoms with van der Waals surface area (Å²) in [5.41, 5.74) is 0.889. The topological polar surface area (TPSA) is 24.5 Å². The minimum atomic E-state index is -0.0755. The summed E-state index contributed by atoms with van der Waals surface area (Å²) in [6, 6.07) is 5.44. The fourth-order valence-electron chi connectivity index (χ4n) is 1.90. The lowest BCUT2D eigenvalue weighted by atomic mass is 10.1. The first-order valence-electron chi connectivity index (χ1n) is 5.97. The molecule has 0 aromatic heterocycles. The van der Waals surface area contributed by atoms with E-state index in [1.54, 1.807) is 6.07 Å². The fraction of sp³-hybridized carbons (Fsp3) is 0.462. The molecular weight excluding hydrogens is 303 g/mol.